The van der Waals surface area contributed by atoms with Gasteiger partial charge in [0.2, 0.25) is 5.91 Å². The third-order valence-corrected chi connectivity index (χ3v) is 5.94. The second-order valence-electron chi connectivity index (χ2n) is 5.98. The molecule has 0 saturated carbocycles. The van der Waals surface area contributed by atoms with Gasteiger partial charge in [-0.05, 0) is 37.3 Å². The van der Waals surface area contributed by atoms with Crippen LogP contribution in [0.25, 0.3) is 0 Å². The molecule has 0 saturated heterocycles. The fourth-order valence-electron chi connectivity index (χ4n) is 2.47. The predicted octanol–water partition coefficient (Wildman–Crippen LogP) is 2.61. The molecule has 0 aromatic heterocycles. The third kappa shape index (κ3) is 5.37. The van der Waals surface area contributed by atoms with Crippen molar-refractivity contribution < 1.29 is 22.7 Å². The number of aryl methyl sites for hydroxylation is 1. The Balaban J connectivity index is 2.48. The number of hydrogen-bond donors (Lipinski definition) is 1. The minimum atomic E-state index is -4.04. The monoisotopic (exact) mass is 426 g/mol. The number of carbonyl (C=O) groups excluding carboxylic acids is 1. The lowest BCUT2D eigenvalue weighted by Gasteiger charge is -2.26. The summed E-state index contributed by atoms with van der Waals surface area (Å²) in [4.78, 5) is 12.4. The summed E-state index contributed by atoms with van der Waals surface area (Å²) in [6.45, 7) is 2.01. The largest absolute Gasteiger partial charge is 0.495 e. The number of halogens is 1. The fraction of sp³-hybridized carbons (Fsp3) is 0.316. The SMILES string of the molecule is COCCNC(=O)CN(c1cc(Cl)ccc1OC)S(=O)(=O)c1ccc(C)cc1. The molecule has 28 heavy (non-hydrogen) atoms. The van der Waals surface area contributed by atoms with Gasteiger partial charge in [-0.2, -0.15) is 0 Å². The van der Waals surface area contributed by atoms with Gasteiger partial charge in [0.05, 0.1) is 24.3 Å². The number of rotatable bonds is 9. The fourth-order valence-corrected chi connectivity index (χ4v) is 4.06. The minimum Gasteiger partial charge on any atom is -0.495 e. The number of nitrogens with zero attached hydrogens (tertiary/aromatic N) is 1. The smallest absolute Gasteiger partial charge is 0.264 e. The first-order valence-corrected chi connectivity index (χ1v) is 10.3. The average molecular weight is 427 g/mol. The molecule has 0 heterocycles. The molecule has 0 aliphatic heterocycles. The summed E-state index contributed by atoms with van der Waals surface area (Å²) >= 11 is 6.08. The van der Waals surface area contributed by atoms with E-state index < -0.39 is 22.5 Å². The van der Waals surface area contributed by atoms with Crippen LogP contribution in [0.2, 0.25) is 5.02 Å². The molecule has 0 aliphatic carbocycles. The van der Waals surface area contributed by atoms with Crippen molar-refractivity contribution in [2.75, 3.05) is 38.2 Å². The quantitative estimate of drug-likeness (QED) is 0.623. The molecule has 0 fully saturated rings. The van der Waals surface area contributed by atoms with Crippen molar-refractivity contribution in [1.82, 2.24) is 5.32 Å². The van der Waals surface area contributed by atoms with Crippen LogP contribution < -0.4 is 14.4 Å². The van der Waals surface area contributed by atoms with E-state index in [9.17, 15) is 13.2 Å². The lowest BCUT2D eigenvalue weighted by molar-refractivity contribution is -0.119. The molecule has 0 unspecified atom stereocenters. The van der Waals surface area contributed by atoms with Gasteiger partial charge in [0.1, 0.15) is 12.3 Å². The lowest BCUT2D eigenvalue weighted by Crippen LogP contribution is -2.41. The van der Waals surface area contributed by atoms with E-state index in [4.69, 9.17) is 21.1 Å². The van der Waals surface area contributed by atoms with Crippen LogP contribution in [0.1, 0.15) is 5.56 Å². The molecule has 2 aromatic rings. The molecule has 9 heteroatoms. The van der Waals surface area contributed by atoms with Gasteiger partial charge in [0.25, 0.3) is 10.0 Å². The van der Waals surface area contributed by atoms with Gasteiger partial charge >= 0.3 is 0 Å². The molecule has 0 spiro atoms. The highest BCUT2D eigenvalue weighted by atomic mass is 35.5. The first-order chi connectivity index (χ1) is 13.3. The highest BCUT2D eigenvalue weighted by Crippen LogP contribution is 2.34. The summed E-state index contributed by atoms with van der Waals surface area (Å²) < 4.78 is 37.8. The zero-order valence-corrected chi connectivity index (χ0v) is 17.5. The Bertz CT molecular complexity index is 916. The summed E-state index contributed by atoms with van der Waals surface area (Å²) in [5.41, 5.74) is 1.10. The van der Waals surface area contributed by atoms with Crippen molar-refractivity contribution >= 4 is 33.2 Å². The van der Waals surface area contributed by atoms with E-state index in [0.717, 1.165) is 9.87 Å². The second-order valence-corrected chi connectivity index (χ2v) is 8.28. The molecule has 1 N–H and O–H groups in total. The molecule has 2 rings (SSSR count). The summed E-state index contributed by atoms with van der Waals surface area (Å²) in [5.74, 6) is -0.195. The Morgan fingerprint density at radius 2 is 1.82 bits per heavy atom. The van der Waals surface area contributed by atoms with E-state index >= 15 is 0 Å². The molecule has 0 radical (unpaired) electrons. The van der Waals surface area contributed by atoms with Crippen molar-refractivity contribution in [1.29, 1.82) is 0 Å². The summed E-state index contributed by atoms with van der Waals surface area (Å²) in [5, 5.41) is 2.94. The predicted molar refractivity (Wildman–Crippen MR) is 109 cm³/mol. The van der Waals surface area contributed by atoms with Gasteiger partial charge in [-0.25, -0.2) is 8.42 Å². The number of benzene rings is 2. The maximum Gasteiger partial charge on any atom is 0.264 e. The highest BCUT2D eigenvalue weighted by Gasteiger charge is 2.29. The molecule has 2 aromatic carbocycles. The third-order valence-electron chi connectivity index (χ3n) is 3.93. The van der Waals surface area contributed by atoms with Crippen LogP contribution in [0.15, 0.2) is 47.4 Å². The van der Waals surface area contributed by atoms with Gasteiger partial charge in [0.15, 0.2) is 0 Å². The van der Waals surface area contributed by atoms with Gasteiger partial charge in [-0.3, -0.25) is 9.10 Å². The number of anilines is 1. The molecule has 7 nitrogen and oxygen atoms in total. The number of sulfonamides is 1. The van der Waals surface area contributed by atoms with Gasteiger partial charge in [0, 0.05) is 18.7 Å². The van der Waals surface area contributed by atoms with E-state index in [1.807, 2.05) is 6.92 Å². The number of nitrogens with one attached hydrogen (secondary N) is 1. The Kier molecular flexibility index (Phi) is 7.68. The number of ether oxygens (including phenoxy) is 2. The number of methoxy groups -OCH3 is 2. The molecular formula is C19H23ClN2O5S. The first-order valence-electron chi connectivity index (χ1n) is 8.48. The Labute approximate surface area is 170 Å². The van der Waals surface area contributed by atoms with E-state index in [2.05, 4.69) is 5.32 Å². The highest BCUT2D eigenvalue weighted by molar-refractivity contribution is 7.92. The standard InChI is InChI=1S/C19H23ClN2O5S/c1-14-4-7-16(8-5-14)28(24,25)22(13-19(23)21-10-11-26-2)17-12-15(20)6-9-18(17)27-3/h4-9,12H,10-11,13H2,1-3H3,(H,21,23). The molecule has 0 atom stereocenters. The van der Waals surface area contributed by atoms with Crippen molar-refractivity contribution in [3.63, 3.8) is 0 Å². The first kappa shape index (κ1) is 22.0. The van der Waals surface area contributed by atoms with Crippen LogP contribution in [0.5, 0.6) is 5.75 Å². The topological polar surface area (TPSA) is 84.9 Å². The second kappa shape index (κ2) is 9.77. The average Bonchev–Trinajstić information content (AvgIpc) is 2.66. The van der Waals surface area contributed by atoms with E-state index in [0.29, 0.717) is 11.6 Å². The van der Waals surface area contributed by atoms with Crippen molar-refractivity contribution in [3.8, 4) is 5.75 Å². The van der Waals surface area contributed by atoms with E-state index in [1.54, 1.807) is 24.3 Å². The normalized spacial score (nSPS) is 11.1. The van der Waals surface area contributed by atoms with Crippen molar-refractivity contribution in [3.05, 3.63) is 53.1 Å². The van der Waals surface area contributed by atoms with Gasteiger partial charge in [-0.1, -0.05) is 29.3 Å². The van der Waals surface area contributed by atoms with Crippen molar-refractivity contribution in [2.45, 2.75) is 11.8 Å². The van der Waals surface area contributed by atoms with Crippen LogP contribution >= 0.6 is 11.6 Å². The lowest BCUT2D eigenvalue weighted by atomic mass is 10.2. The Morgan fingerprint density at radius 3 is 2.43 bits per heavy atom. The van der Waals surface area contributed by atoms with E-state index in [-0.39, 0.29) is 22.9 Å². The maximum atomic E-state index is 13.3. The molecular weight excluding hydrogens is 404 g/mol. The maximum absolute atomic E-state index is 13.3. The van der Waals surface area contributed by atoms with Crippen molar-refractivity contribution in [2.24, 2.45) is 0 Å². The van der Waals surface area contributed by atoms with Crippen LogP contribution in [0, 0.1) is 6.92 Å². The van der Waals surface area contributed by atoms with Crippen LogP contribution in [-0.2, 0) is 19.6 Å². The van der Waals surface area contributed by atoms with Crippen LogP contribution in [-0.4, -0.2) is 48.2 Å². The number of amides is 1. The van der Waals surface area contributed by atoms with Gasteiger partial charge < -0.3 is 14.8 Å². The number of hydrogen-bond acceptors (Lipinski definition) is 5. The van der Waals surface area contributed by atoms with Crippen LogP contribution in [0.3, 0.4) is 0 Å². The molecule has 0 bridgehead atoms. The summed E-state index contributed by atoms with van der Waals surface area (Å²) in [6.07, 6.45) is 0. The zero-order chi connectivity index (χ0) is 20.7. The molecule has 1 amide bonds. The summed E-state index contributed by atoms with van der Waals surface area (Å²) in [6, 6.07) is 11.0. The zero-order valence-electron chi connectivity index (χ0n) is 15.9. The Morgan fingerprint density at radius 1 is 1.14 bits per heavy atom. The minimum absolute atomic E-state index is 0.0600. The summed E-state index contributed by atoms with van der Waals surface area (Å²) in [7, 11) is -1.11. The molecule has 152 valence electrons. The van der Waals surface area contributed by atoms with Crippen LogP contribution in [0.4, 0.5) is 5.69 Å². The Hall–Kier alpha value is -2.29. The van der Waals surface area contributed by atoms with Gasteiger partial charge in [-0.15, -0.1) is 0 Å². The number of carbonyl (C=O) groups is 1. The molecule has 0 aliphatic rings. The van der Waals surface area contributed by atoms with E-state index in [1.165, 1.54) is 32.4 Å².